The number of benzene rings is 2. The number of nitrogens with two attached hydrogens (primary N) is 1. The summed E-state index contributed by atoms with van der Waals surface area (Å²) >= 11 is 0. The quantitative estimate of drug-likeness (QED) is 0.782. The molecule has 0 spiro atoms. The number of halogens is 1. The summed E-state index contributed by atoms with van der Waals surface area (Å²) in [6, 6.07) is 16.8. The lowest BCUT2D eigenvalue weighted by Crippen LogP contribution is -2.52. The van der Waals surface area contributed by atoms with E-state index in [0.717, 1.165) is 35.1 Å². The molecular formula is C21H22FN3O. The first-order valence-corrected chi connectivity index (χ1v) is 8.91. The van der Waals surface area contributed by atoms with Crippen LogP contribution >= 0.6 is 0 Å². The normalized spacial score (nSPS) is 20.5. The Bertz CT molecular complexity index is 887. The summed E-state index contributed by atoms with van der Waals surface area (Å²) in [5.74, 6) is 0.541. The lowest BCUT2D eigenvalue weighted by atomic mass is 10.0. The zero-order valence-electron chi connectivity index (χ0n) is 14.5. The van der Waals surface area contributed by atoms with Crippen molar-refractivity contribution < 1.29 is 9.13 Å². The van der Waals surface area contributed by atoms with Gasteiger partial charge >= 0.3 is 0 Å². The molecule has 1 aliphatic heterocycles. The molecule has 0 bridgehead atoms. The Labute approximate surface area is 152 Å². The highest BCUT2D eigenvalue weighted by Gasteiger charge is 2.29. The molecule has 0 aliphatic carbocycles. The van der Waals surface area contributed by atoms with E-state index in [-0.39, 0.29) is 18.0 Å². The van der Waals surface area contributed by atoms with Gasteiger partial charge in [-0.25, -0.2) is 9.37 Å². The largest absolute Gasteiger partial charge is 0.370 e. The molecule has 1 aliphatic rings. The monoisotopic (exact) mass is 351 g/mol. The maximum absolute atomic E-state index is 13.7. The average molecular weight is 351 g/mol. The van der Waals surface area contributed by atoms with Gasteiger partial charge in [-0.3, -0.25) is 0 Å². The molecule has 1 fully saturated rings. The van der Waals surface area contributed by atoms with Crippen LogP contribution in [0, 0.1) is 5.82 Å². The Morgan fingerprint density at radius 3 is 2.85 bits per heavy atom. The van der Waals surface area contributed by atoms with Crippen molar-refractivity contribution in [1.29, 1.82) is 0 Å². The van der Waals surface area contributed by atoms with E-state index in [1.165, 1.54) is 6.07 Å². The SMILES string of the molecule is NC1CCN(c2nccc3ccc(F)cc23)CC1OCc1ccccc1. The zero-order chi connectivity index (χ0) is 17.9. The highest BCUT2D eigenvalue weighted by atomic mass is 19.1. The number of aromatic nitrogens is 1. The van der Waals surface area contributed by atoms with E-state index in [2.05, 4.69) is 9.88 Å². The topological polar surface area (TPSA) is 51.4 Å². The number of piperidine rings is 1. The van der Waals surface area contributed by atoms with Gasteiger partial charge in [0.1, 0.15) is 11.6 Å². The molecule has 5 heteroatoms. The van der Waals surface area contributed by atoms with Crippen LogP contribution in [0.25, 0.3) is 10.8 Å². The highest BCUT2D eigenvalue weighted by Crippen LogP contribution is 2.28. The van der Waals surface area contributed by atoms with Crippen molar-refractivity contribution in [2.45, 2.75) is 25.2 Å². The van der Waals surface area contributed by atoms with E-state index in [9.17, 15) is 4.39 Å². The number of anilines is 1. The Kier molecular flexibility index (Phi) is 4.82. The predicted molar refractivity (Wildman–Crippen MR) is 102 cm³/mol. The molecule has 2 atom stereocenters. The summed E-state index contributed by atoms with van der Waals surface area (Å²) in [7, 11) is 0. The third-order valence-electron chi connectivity index (χ3n) is 4.92. The van der Waals surface area contributed by atoms with Gasteiger partial charge in [-0.05, 0) is 35.6 Å². The van der Waals surface area contributed by atoms with Crippen molar-refractivity contribution in [2.24, 2.45) is 5.73 Å². The van der Waals surface area contributed by atoms with Crippen molar-refractivity contribution in [3.05, 3.63) is 72.2 Å². The number of ether oxygens (including phenoxy) is 1. The fourth-order valence-corrected chi connectivity index (χ4v) is 3.46. The second-order valence-corrected chi connectivity index (χ2v) is 6.73. The predicted octanol–water partition coefficient (Wildman–Crippen LogP) is 3.50. The molecule has 0 radical (unpaired) electrons. The van der Waals surface area contributed by atoms with Gasteiger partial charge in [0, 0.05) is 30.7 Å². The van der Waals surface area contributed by atoms with Crippen LogP contribution in [0.15, 0.2) is 60.8 Å². The Morgan fingerprint density at radius 2 is 2.00 bits per heavy atom. The summed E-state index contributed by atoms with van der Waals surface area (Å²) in [5, 5.41) is 1.80. The van der Waals surface area contributed by atoms with Gasteiger partial charge in [-0.2, -0.15) is 0 Å². The first kappa shape index (κ1) is 16.9. The molecular weight excluding hydrogens is 329 g/mol. The molecule has 3 aromatic rings. The maximum atomic E-state index is 13.7. The van der Waals surface area contributed by atoms with Crippen LogP contribution in [0.4, 0.5) is 10.2 Å². The fraction of sp³-hybridized carbons (Fsp3) is 0.286. The minimum atomic E-state index is -0.252. The van der Waals surface area contributed by atoms with Crippen LogP contribution in [0.2, 0.25) is 0 Å². The number of hydrogen-bond acceptors (Lipinski definition) is 4. The molecule has 0 amide bonds. The van der Waals surface area contributed by atoms with Gasteiger partial charge in [0.25, 0.3) is 0 Å². The number of pyridine rings is 1. The molecule has 26 heavy (non-hydrogen) atoms. The van der Waals surface area contributed by atoms with Crippen molar-refractivity contribution in [1.82, 2.24) is 4.98 Å². The maximum Gasteiger partial charge on any atom is 0.136 e. The Hall–Kier alpha value is -2.50. The van der Waals surface area contributed by atoms with Crippen molar-refractivity contribution in [2.75, 3.05) is 18.0 Å². The summed E-state index contributed by atoms with van der Waals surface area (Å²) in [6.45, 7) is 1.97. The van der Waals surface area contributed by atoms with Crippen LogP contribution in [0.5, 0.6) is 0 Å². The number of hydrogen-bond donors (Lipinski definition) is 1. The number of fused-ring (bicyclic) bond motifs is 1. The van der Waals surface area contributed by atoms with E-state index in [1.54, 1.807) is 18.3 Å². The summed E-state index contributed by atoms with van der Waals surface area (Å²) < 4.78 is 19.8. The highest BCUT2D eigenvalue weighted by molar-refractivity contribution is 5.92. The van der Waals surface area contributed by atoms with E-state index in [4.69, 9.17) is 10.5 Å². The molecule has 2 N–H and O–H groups in total. The first-order chi connectivity index (χ1) is 12.7. The molecule has 4 nitrogen and oxygen atoms in total. The summed E-state index contributed by atoms with van der Waals surface area (Å²) in [5.41, 5.74) is 7.42. The average Bonchev–Trinajstić information content (AvgIpc) is 2.68. The van der Waals surface area contributed by atoms with Crippen LogP contribution in [0.1, 0.15) is 12.0 Å². The van der Waals surface area contributed by atoms with E-state index < -0.39 is 0 Å². The molecule has 2 heterocycles. The first-order valence-electron chi connectivity index (χ1n) is 8.91. The van der Waals surface area contributed by atoms with Gasteiger partial charge in [0.2, 0.25) is 0 Å². The van der Waals surface area contributed by atoms with E-state index in [0.29, 0.717) is 13.2 Å². The lowest BCUT2D eigenvalue weighted by molar-refractivity contribution is 0.0189. The molecule has 0 saturated carbocycles. The Morgan fingerprint density at radius 1 is 1.15 bits per heavy atom. The zero-order valence-corrected chi connectivity index (χ0v) is 14.5. The summed E-state index contributed by atoms with van der Waals surface area (Å²) in [6.07, 6.45) is 2.49. The van der Waals surface area contributed by atoms with Crippen molar-refractivity contribution in [3.63, 3.8) is 0 Å². The second kappa shape index (κ2) is 7.40. The van der Waals surface area contributed by atoms with Gasteiger partial charge < -0.3 is 15.4 Å². The van der Waals surface area contributed by atoms with Gasteiger partial charge in [0.05, 0.1) is 12.7 Å². The van der Waals surface area contributed by atoms with Gasteiger partial charge in [-0.1, -0.05) is 36.4 Å². The van der Waals surface area contributed by atoms with Gasteiger partial charge in [0.15, 0.2) is 0 Å². The minimum Gasteiger partial charge on any atom is -0.370 e. The van der Waals surface area contributed by atoms with Gasteiger partial charge in [-0.15, -0.1) is 0 Å². The molecule has 1 aromatic heterocycles. The Balaban J connectivity index is 1.54. The van der Waals surface area contributed by atoms with Crippen LogP contribution in [-0.4, -0.2) is 30.2 Å². The molecule has 134 valence electrons. The second-order valence-electron chi connectivity index (χ2n) is 6.73. The fourth-order valence-electron chi connectivity index (χ4n) is 3.46. The van der Waals surface area contributed by atoms with Crippen molar-refractivity contribution >= 4 is 16.6 Å². The van der Waals surface area contributed by atoms with E-state index in [1.807, 2.05) is 36.4 Å². The molecule has 4 rings (SSSR count). The van der Waals surface area contributed by atoms with Crippen LogP contribution < -0.4 is 10.6 Å². The van der Waals surface area contributed by atoms with Crippen molar-refractivity contribution in [3.8, 4) is 0 Å². The smallest absolute Gasteiger partial charge is 0.136 e. The molecule has 2 unspecified atom stereocenters. The molecule has 1 saturated heterocycles. The molecule has 2 aromatic carbocycles. The van der Waals surface area contributed by atoms with E-state index >= 15 is 0 Å². The standard InChI is InChI=1S/C21H22FN3O/c22-17-7-6-16-8-10-24-21(18(16)12-17)25-11-9-19(23)20(13-25)26-14-15-4-2-1-3-5-15/h1-8,10,12,19-20H,9,11,13-14,23H2. The van der Waals surface area contributed by atoms with Crippen LogP contribution in [0.3, 0.4) is 0 Å². The number of nitrogens with zero attached hydrogens (tertiary/aromatic N) is 2. The number of rotatable bonds is 4. The summed E-state index contributed by atoms with van der Waals surface area (Å²) in [4.78, 5) is 6.67. The third-order valence-corrected chi connectivity index (χ3v) is 4.92. The van der Waals surface area contributed by atoms with Crippen LogP contribution in [-0.2, 0) is 11.3 Å². The minimum absolute atomic E-state index is 0.0123. The third kappa shape index (κ3) is 3.54. The lowest BCUT2D eigenvalue weighted by Gasteiger charge is -2.37.